The van der Waals surface area contributed by atoms with Crippen LogP contribution in [0.5, 0.6) is 11.5 Å². The Bertz CT molecular complexity index is 798. The average Bonchev–Trinajstić information content (AvgIpc) is 2.64. The van der Waals surface area contributed by atoms with Crippen molar-refractivity contribution < 1.29 is 32.2 Å². The molecule has 4 nitrogen and oxygen atoms in total. The van der Waals surface area contributed by atoms with E-state index in [1.165, 1.54) is 32.4 Å². The number of benzene rings is 2. The molecule has 0 aromatic heterocycles. The first-order chi connectivity index (χ1) is 12.3. The highest BCUT2D eigenvalue weighted by atomic mass is 19.4. The summed E-state index contributed by atoms with van der Waals surface area (Å²) in [5, 5.41) is 0. The number of hydrogen-bond acceptors (Lipinski definition) is 4. The quantitative estimate of drug-likeness (QED) is 0.559. The Morgan fingerprint density at radius 1 is 1.04 bits per heavy atom. The maximum absolute atomic E-state index is 12.7. The number of alkyl halides is 3. The third-order valence-corrected chi connectivity index (χ3v) is 3.45. The number of rotatable bonds is 6. The largest absolute Gasteiger partial charge is 0.493 e. The summed E-state index contributed by atoms with van der Waals surface area (Å²) in [6.07, 6.45) is -2.08. The molecule has 7 heteroatoms. The molecule has 26 heavy (non-hydrogen) atoms. The predicted octanol–water partition coefficient (Wildman–Crippen LogP) is 4.48. The molecular formula is C19H17F3O4. The van der Waals surface area contributed by atoms with Crippen molar-refractivity contribution in [1.29, 1.82) is 0 Å². The maximum Gasteiger partial charge on any atom is 0.416 e. The van der Waals surface area contributed by atoms with Gasteiger partial charge in [0.25, 0.3) is 0 Å². The molecule has 2 aromatic rings. The molecule has 0 atom stereocenters. The Kier molecular flexibility index (Phi) is 6.27. The summed E-state index contributed by atoms with van der Waals surface area (Å²) >= 11 is 0. The summed E-state index contributed by atoms with van der Waals surface area (Å²) in [7, 11) is 3.00. The van der Waals surface area contributed by atoms with Crippen molar-refractivity contribution in [2.75, 3.05) is 14.2 Å². The third-order valence-electron chi connectivity index (χ3n) is 3.45. The van der Waals surface area contributed by atoms with E-state index in [-0.39, 0.29) is 12.2 Å². The van der Waals surface area contributed by atoms with E-state index in [0.29, 0.717) is 17.1 Å². The van der Waals surface area contributed by atoms with Gasteiger partial charge in [-0.1, -0.05) is 18.2 Å². The molecule has 0 aliphatic rings. The first-order valence-corrected chi connectivity index (χ1v) is 7.56. The van der Waals surface area contributed by atoms with Gasteiger partial charge in [0.2, 0.25) is 0 Å². The summed E-state index contributed by atoms with van der Waals surface area (Å²) in [5.41, 5.74) is 0.157. The zero-order valence-corrected chi connectivity index (χ0v) is 14.2. The zero-order valence-electron chi connectivity index (χ0n) is 14.2. The Labute approximate surface area is 148 Å². The lowest BCUT2D eigenvalue weighted by atomic mass is 10.1. The predicted molar refractivity (Wildman–Crippen MR) is 89.8 cm³/mol. The lowest BCUT2D eigenvalue weighted by molar-refractivity contribution is -0.139. The summed E-state index contributed by atoms with van der Waals surface area (Å²) in [4.78, 5) is 11.8. The molecule has 0 aliphatic heterocycles. The molecule has 2 aromatic carbocycles. The van der Waals surface area contributed by atoms with E-state index in [1.54, 1.807) is 18.2 Å². The van der Waals surface area contributed by atoms with Crippen molar-refractivity contribution >= 4 is 12.0 Å². The van der Waals surface area contributed by atoms with Gasteiger partial charge in [-0.25, -0.2) is 4.79 Å². The highest BCUT2D eigenvalue weighted by molar-refractivity contribution is 5.87. The second-order valence-corrected chi connectivity index (χ2v) is 5.25. The molecule has 0 bridgehead atoms. The van der Waals surface area contributed by atoms with Crippen molar-refractivity contribution in [3.8, 4) is 11.5 Å². The Morgan fingerprint density at radius 2 is 1.77 bits per heavy atom. The van der Waals surface area contributed by atoms with Crippen molar-refractivity contribution in [2.24, 2.45) is 0 Å². The third kappa shape index (κ3) is 5.27. The van der Waals surface area contributed by atoms with E-state index in [4.69, 9.17) is 14.2 Å². The normalized spacial score (nSPS) is 11.4. The van der Waals surface area contributed by atoms with Crippen LogP contribution in [0.2, 0.25) is 0 Å². The molecule has 0 saturated heterocycles. The molecule has 0 amide bonds. The van der Waals surface area contributed by atoms with Crippen LogP contribution in [0.15, 0.2) is 48.5 Å². The summed E-state index contributed by atoms with van der Waals surface area (Å²) in [6.45, 7) is -0.00782. The van der Waals surface area contributed by atoms with Crippen LogP contribution in [-0.2, 0) is 22.3 Å². The Hall–Kier alpha value is -2.96. The van der Waals surface area contributed by atoms with Crippen LogP contribution in [0.3, 0.4) is 0 Å². The van der Waals surface area contributed by atoms with Gasteiger partial charge < -0.3 is 14.2 Å². The average molecular weight is 366 g/mol. The van der Waals surface area contributed by atoms with E-state index in [0.717, 1.165) is 18.2 Å². The molecule has 0 radical (unpaired) electrons. The molecule has 0 spiro atoms. The lowest BCUT2D eigenvalue weighted by Gasteiger charge is -2.09. The minimum Gasteiger partial charge on any atom is -0.493 e. The molecule has 0 aliphatic carbocycles. The van der Waals surface area contributed by atoms with E-state index in [9.17, 15) is 18.0 Å². The highest BCUT2D eigenvalue weighted by Crippen LogP contribution is 2.30. The van der Waals surface area contributed by atoms with E-state index >= 15 is 0 Å². The van der Waals surface area contributed by atoms with Crippen LogP contribution >= 0.6 is 0 Å². The van der Waals surface area contributed by atoms with Crippen LogP contribution in [0.4, 0.5) is 13.2 Å². The smallest absolute Gasteiger partial charge is 0.416 e. The molecular weight excluding hydrogens is 349 g/mol. The molecule has 0 saturated carbocycles. The molecule has 138 valence electrons. The molecule has 0 fully saturated rings. The van der Waals surface area contributed by atoms with Crippen LogP contribution in [0.1, 0.15) is 16.7 Å². The minimum atomic E-state index is -4.43. The van der Waals surface area contributed by atoms with Crippen molar-refractivity contribution in [1.82, 2.24) is 0 Å². The van der Waals surface area contributed by atoms with Gasteiger partial charge in [0, 0.05) is 6.08 Å². The first kappa shape index (κ1) is 19.4. The second kappa shape index (κ2) is 8.42. The molecule has 2 rings (SSSR count). The van der Waals surface area contributed by atoms with E-state index in [2.05, 4.69) is 0 Å². The second-order valence-electron chi connectivity index (χ2n) is 5.25. The molecule has 0 heterocycles. The number of esters is 1. The van der Waals surface area contributed by atoms with Gasteiger partial charge in [0.05, 0.1) is 19.8 Å². The number of hydrogen-bond donors (Lipinski definition) is 0. The molecule has 0 N–H and O–H groups in total. The highest BCUT2D eigenvalue weighted by Gasteiger charge is 2.30. The number of carbonyl (C=O) groups is 1. The van der Waals surface area contributed by atoms with Crippen LogP contribution in [0.25, 0.3) is 6.08 Å². The Morgan fingerprint density at radius 3 is 2.42 bits per heavy atom. The van der Waals surface area contributed by atoms with Crippen LogP contribution in [0, 0.1) is 0 Å². The molecule has 0 unspecified atom stereocenters. The van der Waals surface area contributed by atoms with Crippen LogP contribution in [-0.4, -0.2) is 20.2 Å². The van der Waals surface area contributed by atoms with Gasteiger partial charge >= 0.3 is 12.1 Å². The van der Waals surface area contributed by atoms with E-state index < -0.39 is 17.7 Å². The maximum atomic E-state index is 12.7. The summed E-state index contributed by atoms with van der Waals surface area (Å²) in [5.74, 6) is 0.379. The zero-order chi connectivity index (χ0) is 19.2. The van der Waals surface area contributed by atoms with Crippen molar-refractivity contribution in [2.45, 2.75) is 12.8 Å². The van der Waals surface area contributed by atoms with Crippen molar-refractivity contribution in [3.05, 3.63) is 65.2 Å². The fourth-order valence-corrected chi connectivity index (χ4v) is 2.16. The number of ether oxygens (including phenoxy) is 3. The SMILES string of the molecule is COc1ccc(COC(=O)C=Cc2cccc(C(F)(F)F)c2)cc1OC. The monoisotopic (exact) mass is 366 g/mol. The Balaban J connectivity index is 1.98. The standard InChI is InChI=1S/C19H17F3O4/c1-24-16-8-6-14(11-17(16)25-2)12-26-18(23)9-7-13-4-3-5-15(10-13)19(20,21)22/h3-11H,12H2,1-2H3. The first-order valence-electron chi connectivity index (χ1n) is 7.56. The van der Waals surface area contributed by atoms with Gasteiger partial charge in [-0.05, 0) is 41.5 Å². The number of halogens is 3. The van der Waals surface area contributed by atoms with Gasteiger partial charge in [-0.2, -0.15) is 13.2 Å². The van der Waals surface area contributed by atoms with Crippen LogP contribution < -0.4 is 9.47 Å². The number of carbonyl (C=O) groups excluding carboxylic acids is 1. The lowest BCUT2D eigenvalue weighted by Crippen LogP contribution is -2.04. The summed E-state index contributed by atoms with van der Waals surface area (Å²) in [6, 6.07) is 9.73. The van der Waals surface area contributed by atoms with Gasteiger partial charge in [0.1, 0.15) is 6.61 Å². The fourth-order valence-electron chi connectivity index (χ4n) is 2.16. The number of methoxy groups -OCH3 is 2. The van der Waals surface area contributed by atoms with E-state index in [1.807, 2.05) is 0 Å². The van der Waals surface area contributed by atoms with Gasteiger partial charge in [0.15, 0.2) is 11.5 Å². The van der Waals surface area contributed by atoms with Gasteiger partial charge in [-0.3, -0.25) is 0 Å². The minimum absolute atomic E-state index is 0.00782. The summed E-state index contributed by atoms with van der Waals surface area (Å²) < 4.78 is 53.3. The van der Waals surface area contributed by atoms with Gasteiger partial charge in [-0.15, -0.1) is 0 Å². The van der Waals surface area contributed by atoms with Crippen molar-refractivity contribution in [3.63, 3.8) is 0 Å². The topological polar surface area (TPSA) is 44.8 Å². The fraction of sp³-hybridized carbons (Fsp3) is 0.211.